The zero-order valence-corrected chi connectivity index (χ0v) is 12.5. The molecule has 0 bridgehead atoms. The first-order valence-corrected chi connectivity index (χ1v) is 7.44. The third-order valence-electron chi connectivity index (χ3n) is 4.51. The van der Waals surface area contributed by atoms with Crippen molar-refractivity contribution in [1.82, 2.24) is 4.90 Å². The summed E-state index contributed by atoms with van der Waals surface area (Å²) < 4.78 is 13.8. The van der Waals surface area contributed by atoms with Gasteiger partial charge in [0, 0.05) is 24.0 Å². The highest BCUT2D eigenvalue weighted by Gasteiger charge is 2.29. The summed E-state index contributed by atoms with van der Waals surface area (Å²) in [5.41, 5.74) is 0.911. The van der Waals surface area contributed by atoms with Gasteiger partial charge in [-0.2, -0.15) is 0 Å². The van der Waals surface area contributed by atoms with Crippen LogP contribution in [0, 0.1) is 11.2 Å². The fourth-order valence-electron chi connectivity index (χ4n) is 2.93. The van der Waals surface area contributed by atoms with E-state index in [2.05, 4.69) is 13.8 Å². The monoisotopic (exact) mass is 285 g/mol. The van der Waals surface area contributed by atoms with Gasteiger partial charge in [-0.1, -0.05) is 38.1 Å². The molecule has 1 amide bonds. The Morgan fingerprint density at radius 1 is 1.05 bits per heavy atom. The second-order valence-electron chi connectivity index (χ2n) is 6.60. The van der Waals surface area contributed by atoms with E-state index in [0.717, 1.165) is 25.9 Å². The Morgan fingerprint density at radius 2 is 1.67 bits per heavy atom. The highest BCUT2D eigenvalue weighted by molar-refractivity contribution is 6.07. The van der Waals surface area contributed by atoms with E-state index in [1.54, 1.807) is 18.2 Å². The van der Waals surface area contributed by atoms with E-state index >= 15 is 0 Å². The summed E-state index contributed by atoms with van der Waals surface area (Å²) in [6, 6.07) is 10.2. The van der Waals surface area contributed by atoms with Crippen LogP contribution in [0.5, 0.6) is 0 Å². The molecule has 0 radical (unpaired) electrons. The standard InChI is InChI=1S/C18H20FNO/c1-18(2)9-11-20(12-10-18)17(21)15-7-8-16(19)14-6-4-3-5-13(14)15/h3-8H,9-12H2,1-2H3. The van der Waals surface area contributed by atoms with Crippen LogP contribution in [-0.4, -0.2) is 23.9 Å². The first-order chi connectivity index (χ1) is 9.98. The third-order valence-corrected chi connectivity index (χ3v) is 4.51. The summed E-state index contributed by atoms with van der Waals surface area (Å²) in [5.74, 6) is -0.261. The number of amides is 1. The smallest absolute Gasteiger partial charge is 0.254 e. The van der Waals surface area contributed by atoms with Crippen LogP contribution in [0.1, 0.15) is 37.0 Å². The van der Waals surface area contributed by atoms with Crippen LogP contribution in [0.4, 0.5) is 4.39 Å². The molecule has 3 rings (SSSR count). The lowest BCUT2D eigenvalue weighted by Crippen LogP contribution is -2.41. The Kier molecular flexibility index (Phi) is 3.44. The van der Waals surface area contributed by atoms with E-state index in [1.165, 1.54) is 6.07 Å². The van der Waals surface area contributed by atoms with E-state index in [-0.39, 0.29) is 11.7 Å². The second-order valence-corrected chi connectivity index (χ2v) is 6.60. The lowest BCUT2D eigenvalue weighted by atomic mass is 9.82. The Bertz CT molecular complexity index is 683. The molecule has 2 nitrogen and oxygen atoms in total. The van der Waals surface area contributed by atoms with Crippen LogP contribution in [0.3, 0.4) is 0 Å². The molecule has 21 heavy (non-hydrogen) atoms. The van der Waals surface area contributed by atoms with Crippen LogP contribution in [0.25, 0.3) is 10.8 Å². The number of fused-ring (bicyclic) bond motifs is 1. The van der Waals surface area contributed by atoms with Crippen LogP contribution < -0.4 is 0 Å². The van der Waals surface area contributed by atoms with Crippen LogP contribution in [0.2, 0.25) is 0 Å². The average molecular weight is 285 g/mol. The number of benzene rings is 2. The SMILES string of the molecule is CC1(C)CCN(C(=O)c2ccc(F)c3ccccc23)CC1. The minimum Gasteiger partial charge on any atom is -0.339 e. The maximum absolute atomic E-state index is 13.8. The number of carbonyl (C=O) groups is 1. The third kappa shape index (κ3) is 2.65. The van der Waals surface area contributed by atoms with E-state index < -0.39 is 0 Å². The molecule has 0 aliphatic carbocycles. The van der Waals surface area contributed by atoms with Gasteiger partial charge in [0.25, 0.3) is 5.91 Å². The zero-order valence-electron chi connectivity index (χ0n) is 12.5. The van der Waals surface area contributed by atoms with Gasteiger partial charge >= 0.3 is 0 Å². The summed E-state index contributed by atoms with van der Waals surface area (Å²) in [7, 11) is 0. The van der Waals surface area contributed by atoms with Gasteiger partial charge in [-0.3, -0.25) is 4.79 Å². The van der Waals surface area contributed by atoms with Crippen molar-refractivity contribution in [2.24, 2.45) is 5.41 Å². The molecule has 0 spiro atoms. The van der Waals surface area contributed by atoms with Crippen molar-refractivity contribution in [3.8, 4) is 0 Å². The number of carbonyl (C=O) groups excluding carboxylic acids is 1. The quantitative estimate of drug-likeness (QED) is 0.767. The number of nitrogens with zero attached hydrogens (tertiary/aromatic N) is 1. The summed E-state index contributed by atoms with van der Waals surface area (Å²) >= 11 is 0. The second kappa shape index (κ2) is 5.14. The molecule has 0 saturated carbocycles. The van der Waals surface area contributed by atoms with E-state index in [1.807, 2.05) is 17.0 Å². The molecule has 1 heterocycles. The number of rotatable bonds is 1. The fraction of sp³-hybridized carbons (Fsp3) is 0.389. The number of piperidine rings is 1. The van der Waals surface area contributed by atoms with Gasteiger partial charge in [0.05, 0.1) is 0 Å². The summed E-state index contributed by atoms with van der Waals surface area (Å²) in [5, 5.41) is 1.22. The van der Waals surface area contributed by atoms with Crippen molar-refractivity contribution in [3.05, 3.63) is 47.8 Å². The topological polar surface area (TPSA) is 20.3 Å². The summed E-state index contributed by atoms with van der Waals surface area (Å²) in [4.78, 5) is 14.6. The largest absolute Gasteiger partial charge is 0.339 e. The zero-order chi connectivity index (χ0) is 15.0. The molecule has 1 saturated heterocycles. The van der Waals surface area contributed by atoms with E-state index in [4.69, 9.17) is 0 Å². The molecule has 1 aliphatic heterocycles. The summed E-state index contributed by atoms with van der Waals surface area (Å²) in [6.45, 7) is 6.03. The maximum atomic E-state index is 13.8. The van der Waals surface area contributed by atoms with Gasteiger partial charge in [0.1, 0.15) is 5.82 Å². The Labute approximate surface area is 124 Å². The first-order valence-electron chi connectivity index (χ1n) is 7.44. The van der Waals surface area contributed by atoms with Gasteiger partial charge in [0.15, 0.2) is 0 Å². The highest BCUT2D eigenvalue weighted by Crippen LogP contribution is 2.31. The molecule has 2 aromatic carbocycles. The van der Waals surface area contributed by atoms with Gasteiger partial charge in [-0.25, -0.2) is 4.39 Å². The number of likely N-dealkylation sites (tertiary alicyclic amines) is 1. The van der Waals surface area contributed by atoms with Crippen LogP contribution >= 0.6 is 0 Å². The fourth-order valence-corrected chi connectivity index (χ4v) is 2.93. The molecule has 110 valence electrons. The van der Waals surface area contributed by atoms with Crippen molar-refractivity contribution in [2.75, 3.05) is 13.1 Å². The van der Waals surface area contributed by atoms with Crippen molar-refractivity contribution < 1.29 is 9.18 Å². The van der Waals surface area contributed by atoms with Gasteiger partial charge in [-0.15, -0.1) is 0 Å². The Hall–Kier alpha value is -1.90. The van der Waals surface area contributed by atoms with Crippen LogP contribution in [0.15, 0.2) is 36.4 Å². The molecule has 0 aromatic heterocycles. The maximum Gasteiger partial charge on any atom is 0.254 e. The van der Waals surface area contributed by atoms with Crippen molar-refractivity contribution >= 4 is 16.7 Å². The molecule has 1 aliphatic rings. The lowest BCUT2D eigenvalue weighted by Gasteiger charge is -2.37. The number of halogens is 1. The average Bonchev–Trinajstić information content (AvgIpc) is 2.47. The molecule has 0 atom stereocenters. The van der Waals surface area contributed by atoms with Gasteiger partial charge < -0.3 is 4.90 Å². The van der Waals surface area contributed by atoms with E-state index in [0.29, 0.717) is 21.8 Å². The van der Waals surface area contributed by atoms with E-state index in [9.17, 15) is 9.18 Å². The summed E-state index contributed by atoms with van der Waals surface area (Å²) in [6.07, 6.45) is 2.02. The molecule has 1 fully saturated rings. The first kappa shape index (κ1) is 14.1. The molecule has 0 unspecified atom stereocenters. The number of hydrogen-bond donors (Lipinski definition) is 0. The molecular weight excluding hydrogens is 265 g/mol. The lowest BCUT2D eigenvalue weighted by molar-refractivity contribution is 0.0632. The predicted octanol–water partition coefficient (Wildman–Crippen LogP) is 4.24. The Balaban J connectivity index is 1.94. The minimum atomic E-state index is -0.276. The normalized spacial score (nSPS) is 18.0. The predicted molar refractivity (Wildman–Crippen MR) is 82.8 cm³/mol. The molecule has 2 aromatic rings. The molecule has 3 heteroatoms. The Morgan fingerprint density at radius 3 is 2.33 bits per heavy atom. The molecular formula is C18H20FNO. The molecule has 0 N–H and O–H groups in total. The van der Waals surface area contributed by atoms with Crippen molar-refractivity contribution in [1.29, 1.82) is 0 Å². The van der Waals surface area contributed by atoms with Gasteiger partial charge in [-0.05, 0) is 35.8 Å². The number of hydrogen-bond acceptors (Lipinski definition) is 1. The van der Waals surface area contributed by atoms with Crippen molar-refractivity contribution in [3.63, 3.8) is 0 Å². The minimum absolute atomic E-state index is 0.0155. The van der Waals surface area contributed by atoms with Crippen molar-refractivity contribution in [2.45, 2.75) is 26.7 Å². The highest BCUT2D eigenvalue weighted by atomic mass is 19.1. The van der Waals surface area contributed by atoms with Crippen LogP contribution in [-0.2, 0) is 0 Å². The van der Waals surface area contributed by atoms with Gasteiger partial charge in [0.2, 0.25) is 0 Å².